The van der Waals surface area contributed by atoms with Crippen LogP contribution in [-0.2, 0) is 11.2 Å². The van der Waals surface area contributed by atoms with Gasteiger partial charge in [-0.3, -0.25) is 0 Å². The van der Waals surface area contributed by atoms with E-state index in [9.17, 15) is 4.79 Å². The zero-order valence-corrected chi connectivity index (χ0v) is 8.52. The standard InChI is InChI=1S/C10H10ClNO2/c1-14-10(13)7-4-6-2-3-12-9(6)8(11)5-7/h4-5,12H,2-3H2,1H3. The van der Waals surface area contributed by atoms with Crippen LogP contribution in [0.3, 0.4) is 0 Å². The van der Waals surface area contributed by atoms with E-state index < -0.39 is 0 Å². The average molecular weight is 212 g/mol. The fraction of sp³-hybridized carbons (Fsp3) is 0.300. The van der Waals surface area contributed by atoms with Gasteiger partial charge < -0.3 is 10.1 Å². The Labute approximate surface area is 87.0 Å². The van der Waals surface area contributed by atoms with Gasteiger partial charge in [0.15, 0.2) is 0 Å². The van der Waals surface area contributed by atoms with Gasteiger partial charge in [0.2, 0.25) is 0 Å². The van der Waals surface area contributed by atoms with Gasteiger partial charge in [0, 0.05) is 6.54 Å². The fourth-order valence-corrected chi connectivity index (χ4v) is 1.92. The number of carbonyl (C=O) groups excluding carboxylic acids is 1. The highest BCUT2D eigenvalue weighted by atomic mass is 35.5. The Bertz CT molecular complexity index is 390. The van der Waals surface area contributed by atoms with Gasteiger partial charge in [-0.05, 0) is 24.1 Å². The normalized spacial score (nSPS) is 13.3. The number of carbonyl (C=O) groups is 1. The van der Waals surface area contributed by atoms with E-state index in [1.807, 2.05) is 6.07 Å². The van der Waals surface area contributed by atoms with Crippen molar-refractivity contribution >= 4 is 23.3 Å². The molecular formula is C10H10ClNO2. The molecule has 4 heteroatoms. The van der Waals surface area contributed by atoms with Crippen LogP contribution in [0.1, 0.15) is 15.9 Å². The van der Waals surface area contributed by atoms with Crippen LogP contribution in [0.2, 0.25) is 5.02 Å². The minimum Gasteiger partial charge on any atom is -0.465 e. The Kier molecular flexibility index (Phi) is 2.33. The first-order chi connectivity index (χ1) is 6.72. The summed E-state index contributed by atoms with van der Waals surface area (Å²) in [5, 5.41) is 3.75. The number of fused-ring (bicyclic) bond motifs is 1. The van der Waals surface area contributed by atoms with Crippen molar-refractivity contribution < 1.29 is 9.53 Å². The summed E-state index contributed by atoms with van der Waals surface area (Å²) < 4.78 is 4.63. The second-order valence-electron chi connectivity index (χ2n) is 3.16. The molecule has 1 N–H and O–H groups in total. The van der Waals surface area contributed by atoms with E-state index in [1.54, 1.807) is 6.07 Å². The van der Waals surface area contributed by atoms with Gasteiger partial charge in [0.1, 0.15) is 0 Å². The van der Waals surface area contributed by atoms with Crippen molar-refractivity contribution in [3.63, 3.8) is 0 Å². The smallest absolute Gasteiger partial charge is 0.337 e. The Morgan fingerprint density at radius 1 is 1.57 bits per heavy atom. The van der Waals surface area contributed by atoms with Crippen molar-refractivity contribution in [1.29, 1.82) is 0 Å². The van der Waals surface area contributed by atoms with Gasteiger partial charge in [-0.25, -0.2) is 4.79 Å². The van der Waals surface area contributed by atoms with Gasteiger partial charge in [-0.2, -0.15) is 0 Å². The number of esters is 1. The van der Waals surface area contributed by atoms with Crippen LogP contribution >= 0.6 is 11.6 Å². The molecule has 0 aromatic heterocycles. The second kappa shape index (κ2) is 3.50. The van der Waals surface area contributed by atoms with E-state index in [2.05, 4.69) is 10.1 Å². The first kappa shape index (κ1) is 9.34. The summed E-state index contributed by atoms with van der Waals surface area (Å²) in [7, 11) is 1.36. The van der Waals surface area contributed by atoms with E-state index in [4.69, 9.17) is 11.6 Å². The van der Waals surface area contributed by atoms with Crippen LogP contribution < -0.4 is 5.32 Å². The molecule has 0 radical (unpaired) electrons. The Balaban J connectivity index is 2.46. The van der Waals surface area contributed by atoms with Crippen LogP contribution in [-0.4, -0.2) is 19.6 Å². The van der Waals surface area contributed by atoms with Crippen molar-refractivity contribution in [3.05, 3.63) is 28.3 Å². The topological polar surface area (TPSA) is 38.3 Å². The monoisotopic (exact) mass is 211 g/mol. The number of anilines is 1. The number of benzene rings is 1. The maximum atomic E-state index is 11.3. The zero-order valence-electron chi connectivity index (χ0n) is 7.76. The van der Waals surface area contributed by atoms with Crippen molar-refractivity contribution in [2.75, 3.05) is 19.0 Å². The van der Waals surface area contributed by atoms with Crippen LogP contribution in [0, 0.1) is 0 Å². The van der Waals surface area contributed by atoms with E-state index in [0.717, 1.165) is 24.2 Å². The number of hydrogen-bond acceptors (Lipinski definition) is 3. The zero-order chi connectivity index (χ0) is 10.1. The molecule has 0 fully saturated rings. The number of rotatable bonds is 1. The van der Waals surface area contributed by atoms with Gasteiger partial charge in [-0.1, -0.05) is 11.6 Å². The molecule has 74 valence electrons. The maximum absolute atomic E-state index is 11.3. The van der Waals surface area contributed by atoms with Crippen molar-refractivity contribution in [2.24, 2.45) is 0 Å². The minimum absolute atomic E-state index is 0.346. The SMILES string of the molecule is COC(=O)c1cc(Cl)c2c(c1)CCN2. The summed E-state index contributed by atoms with van der Waals surface area (Å²) in [5.74, 6) is -0.346. The van der Waals surface area contributed by atoms with Crippen molar-refractivity contribution in [3.8, 4) is 0 Å². The summed E-state index contributed by atoms with van der Waals surface area (Å²) in [6, 6.07) is 3.46. The molecule has 0 atom stereocenters. The van der Waals surface area contributed by atoms with Gasteiger partial charge in [0.25, 0.3) is 0 Å². The lowest BCUT2D eigenvalue weighted by Gasteiger charge is -2.05. The number of nitrogens with one attached hydrogen (secondary N) is 1. The minimum atomic E-state index is -0.346. The Morgan fingerprint density at radius 3 is 3.07 bits per heavy atom. The molecule has 1 aromatic carbocycles. The lowest BCUT2D eigenvalue weighted by molar-refractivity contribution is 0.0600. The molecule has 14 heavy (non-hydrogen) atoms. The quantitative estimate of drug-likeness (QED) is 0.723. The largest absolute Gasteiger partial charge is 0.465 e. The summed E-state index contributed by atoms with van der Waals surface area (Å²) in [6.07, 6.45) is 0.903. The lowest BCUT2D eigenvalue weighted by Crippen LogP contribution is -2.01. The first-order valence-electron chi connectivity index (χ1n) is 4.37. The van der Waals surface area contributed by atoms with E-state index in [1.165, 1.54) is 7.11 Å². The molecule has 0 unspecified atom stereocenters. The third-order valence-electron chi connectivity index (χ3n) is 2.29. The molecule has 1 aromatic rings. The van der Waals surface area contributed by atoms with Gasteiger partial charge in [0.05, 0.1) is 23.4 Å². The predicted molar refractivity (Wildman–Crippen MR) is 55.0 cm³/mol. The molecular weight excluding hydrogens is 202 g/mol. The fourth-order valence-electron chi connectivity index (χ4n) is 1.62. The summed E-state index contributed by atoms with van der Waals surface area (Å²) in [5.41, 5.74) is 2.54. The average Bonchev–Trinajstić information content (AvgIpc) is 2.64. The highest BCUT2D eigenvalue weighted by Gasteiger charge is 2.17. The Hall–Kier alpha value is -1.22. The first-order valence-corrected chi connectivity index (χ1v) is 4.75. The number of halogens is 1. The molecule has 0 aliphatic carbocycles. The van der Waals surface area contributed by atoms with Crippen LogP contribution in [0.4, 0.5) is 5.69 Å². The van der Waals surface area contributed by atoms with Gasteiger partial charge in [-0.15, -0.1) is 0 Å². The molecule has 0 spiro atoms. The molecule has 0 amide bonds. The van der Waals surface area contributed by atoms with Crippen LogP contribution in [0.25, 0.3) is 0 Å². The number of methoxy groups -OCH3 is 1. The molecule has 3 nitrogen and oxygen atoms in total. The molecule has 1 aliphatic rings. The Morgan fingerprint density at radius 2 is 2.36 bits per heavy atom. The van der Waals surface area contributed by atoms with Crippen molar-refractivity contribution in [2.45, 2.75) is 6.42 Å². The van der Waals surface area contributed by atoms with Crippen molar-refractivity contribution in [1.82, 2.24) is 0 Å². The molecule has 0 saturated heterocycles. The number of ether oxygens (including phenoxy) is 1. The highest BCUT2D eigenvalue weighted by molar-refractivity contribution is 6.33. The number of hydrogen-bond donors (Lipinski definition) is 1. The molecule has 0 bridgehead atoms. The molecule has 0 saturated carbocycles. The molecule has 2 rings (SSSR count). The maximum Gasteiger partial charge on any atom is 0.337 e. The van der Waals surface area contributed by atoms with Crippen LogP contribution in [0.5, 0.6) is 0 Å². The summed E-state index contributed by atoms with van der Waals surface area (Å²) >= 11 is 6.01. The van der Waals surface area contributed by atoms with Crippen LogP contribution in [0.15, 0.2) is 12.1 Å². The van der Waals surface area contributed by atoms with Gasteiger partial charge >= 0.3 is 5.97 Å². The molecule has 1 aliphatic heterocycles. The van der Waals surface area contributed by atoms with E-state index in [0.29, 0.717) is 10.6 Å². The lowest BCUT2D eigenvalue weighted by atomic mass is 10.1. The predicted octanol–water partition coefficient (Wildman–Crippen LogP) is 2.09. The third-order valence-corrected chi connectivity index (χ3v) is 2.59. The third kappa shape index (κ3) is 1.44. The van der Waals surface area contributed by atoms with E-state index >= 15 is 0 Å². The molecule has 1 heterocycles. The highest BCUT2D eigenvalue weighted by Crippen LogP contribution is 2.31. The second-order valence-corrected chi connectivity index (χ2v) is 3.57. The summed E-state index contributed by atoms with van der Waals surface area (Å²) in [6.45, 7) is 0.875. The summed E-state index contributed by atoms with van der Waals surface area (Å²) in [4.78, 5) is 11.3. The van der Waals surface area contributed by atoms with E-state index in [-0.39, 0.29) is 5.97 Å².